The SMILES string of the molecule is Cc1cccc(-c2nnc(CNc3ccc(C)cc3Br)o2)c1. The van der Waals surface area contributed by atoms with Gasteiger partial charge in [-0.1, -0.05) is 23.8 Å². The summed E-state index contributed by atoms with van der Waals surface area (Å²) in [5, 5.41) is 11.5. The quantitative estimate of drug-likeness (QED) is 0.733. The maximum atomic E-state index is 5.71. The number of anilines is 1. The van der Waals surface area contributed by atoms with Crippen molar-refractivity contribution in [1.82, 2.24) is 10.2 Å². The molecule has 2 aromatic carbocycles. The van der Waals surface area contributed by atoms with Crippen molar-refractivity contribution in [2.45, 2.75) is 20.4 Å². The summed E-state index contributed by atoms with van der Waals surface area (Å²) in [5.41, 5.74) is 4.31. The average Bonchev–Trinajstić information content (AvgIpc) is 2.95. The Morgan fingerprint density at radius 1 is 1.05 bits per heavy atom. The summed E-state index contributed by atoms with van der Waals surface area (Å²) in [6.07, 6.45) is 0. The fraction of sp³-hybridized carbons (Fsp3) is 0.176. The summed E-state index contributed by atoms with van der Waals surface area (Å²) in [6.45, 7) is 4.58. The largest absolute Gasteiger partial charge is 0.419 e. The molecule has 0 spiro atoms. The highest BCUT2D eigenvalue weighted by Crippen LogP contribution is 2.24. The van der Waals surface area contributed by atoms with Crippen molar-refractivity contribution in [3.05, 3.63) is 64.0 Å². The molecule has 1 N–H and O–H groups in total. The van der Waals surface area contributed by atoms with Crippen LogP contribution in [-0.4, -0.2) is 10.2 Å². The zero-order chi connectivity index (χ0) is 15.5. The fourth-order valence-electron chi connectivity index (χ4n) is 2.15. The van der Waals surface area contributed by atoms with E-state index >= 15 is 0 Å². The molecule has 0 fully saturated rings. The molecule has 1 heterocycles. The molecule has 0 saturated heterocycles. The van der Waals surface area contributed by atoms with Crippen LogP contribution in [0.5, 0.6) is 0 Å². The van der Waals surface area contributed by atoms with Crippen LogP contribution < -0.4 is 5.32 Å². The van der Waals surface area contributed by atoms with Crippen molar-refractivity contribution in [3.8, 4) is 11.5 Å². The molecule has 0 saturated carbocycles. The fourth-order valence-corrected chi connectivity index (χ4v) is 2.79. The van der Waals surface area contributed by atoms with Crippen LogP contribution in [0.3, 0.4) is 0 Å². The van der Waals surface area contributed by atoms with Crippen LogP contribution in [0.4, 0.5) is 5.69 Å². The van der Waals surface area contributed by atoms with Crippen LogP contribution >= 0.6 is 15.9 Å². The number of halogens is 1. The standard InChI is InChI=1S/C17H16BrN3O/c1-11-4-3-5-13(8-11)17-21-20-16(22-17)10-19-15-7-6-12(2)9-14(15)18/h3-9,19H,10H2,1-2H3. The first kappa shape index (κ1) is 14.8. The van der Waals surface area contributed by atoms with Crippen LogP contribution in [0.2, 0.25) is 0 Å². The Labute approximate surface area is 137 Å². The second kappa shape index (κ2) is 6.32. The Morgan fingerprint density at radius 2 is 1.86 bits per heavy atom. The van der Waals surface area contributed by atoms with Crippen LogP contribution in [0.1, 0.15) is 17.0 Å². The molecule has 22 heavy (non-hydrogen) atoms. The molecule has 1 aromatic heterocycles. The molecule has 0 aliphatic carbocycles. The normalized spacial score (nSPS) is 10.7. The molecular formula is C17H16BrN3O. The Balaban J connectivity index is 1.72. The Hall–Kier alpha value is -2.14. The van der Waals surface area contributed by atoms with Gasteiger partial charge in [0.25, 0.3) is 0 Å². The first-order valence-corrected chi connectivity index (χ1v) is 7.80. The maximum Gasteiger partial charge on any atom is 0.247 e. The van der Waals surface area contributed by atoms with Gasteiger partial charge in [0, 0.05) is 15.7 Å². The molecule has 0 aliphatic rings. The number of aryl methyl sites for hydroxylation is 2. The minimum absolute atomic E-state index is 0.487. The first-order chi connectivity index (χ1) is 10.6. The van der Waals surface area contributed by atoms with Gasteiger partial charge >= 0.3 is 0 Å². The second-order valence-corrected chi connectivity index (χ2v) is 6.06. The van der Waals surface area contributed by atoms with Gasteiger partial charge in [-0.15, -0.1) is 10.2 Å². The molecule has 0 aliphatic heterocycles. The summed E-state index contributed by atoms with van der Waals surface area (Å²) in [4.78, 5) is 0. The van der Waals surface area contributed by atoms with Crippen molar-refractivity contribution in [2.24, 2.45) is 0 Å². The van der Waals surface area contributed by atoms with Crippen molar-refractivity contribution in [3.63, 3.8) is 0 Å². The second-order valence-electron chi connectivity index (χ2n) is 5.21. The van der Waals surface area contributed by atoms with Gasteiger partial charge in [0.15, 0.2) is 0 Å². The van der Waals surface area contributed by atoms with E-state index in [0.717, 1.165) is 15.7 Å². The van der Waals surface area contributed by atoms with E-state index in [1.54, 1.807) is 0 Å². The van der Waals surface area contributed by atoms with E-state index in [4.69, 9.17) is 4.42 Å². The predicted octanol–water partition coefficient (Wildman–Crippen LogP) is 4.73. The lowest BCUT2D eigenvalue weighted by Crippen LogP contribution is -2.00. The first-order valence-electron chi connectivity index (χ1n) is 7.01. The number of aromatic nitrogens is 2. The topological polar surface area (TPSA) is 51.0 Å². The molecule has 112 valence electrons. The smallest absolute Gasteiger partial charge is 0.247 e. The van der Waals surface area contributed by atoms with Crippen LogP contribution in [-0.2, 0) is 6.54 Å². The summed E-state index contributed by atoms with van der Waals surface area (Å²) in [5.74, 6) is 1.10. The molecule has 4 nitrogen and oxygen atoms in total. The van der Waals surface area contributed by atoms with Gasteiger partial charge in [-0.2, -0.15) is 0 Å². The van der Waals surface area contributed by atoms with Crippen molar-refractivity contribution in [1.29, 1.82) is 0 Å². The molecule has 0 atom stereocenters. The lowest BCUT2D eigenvalue weighted by Gasteiger charge is -2.06. The maximum absolute atomic E-state index is 5.71. The number of hydrogen-bond donors (Lipinski definition) is 1. The minimum Gasteiger partial charge on any atom is -0.419 e. The van der Waals surface area contributed by atoms with E-state index in [1.807, 2.05) is 37.3 Å². The molecule has 0 unspecified atom stereocenters. The average molecular weight is 358 g/mol. The number of rotatable bonds is 4. The molecule has 5 heteroatoms. The van der Waals surface area contributed by atoms with E-state index < -0.39 is 0 Å². The molecule has 3 rings (SSSR count). The Bertz CT molecular complexity index is 798. The van der Waals surface area contributed by atoms with E-state index in [9.17, 15) is 0 Å². The van der Waals surface area contributed by atoms with E-state index in [1.165, 1.54) is 11.1 Å². The van der Waals surface area contributed by atoms with Gasteiger partial charge in [0.1, 0.15) is 0 Å². The van der Waals surface area contributed by atoms with Crippen molar-refractivity contribution >= 4 is 21.6 Å². The van der Waals surface area contributed by atoms with Gasteiger partial charge < -0.3 is 9.73 Å². The number of benzene rings is 2. The highest BCUT2D eigenvalue weighted by atomic mass is 79.9. The third-order valence-electron chi connectivity index (χ3n) is 3.29. The molecule has 0 bridgehead atoms. The third-order valence-corrected chi connectivity index (χ3v) is 3.94. The van der Waals surface area contributed by atoms with E-state index in [0.29, 0.717) is 18.3 Å². The zero-order valence-electron chi connectivity index (χ0n) is 12.4. The molecular weight excluding hydrogens is 342 g/mol. The molecule has 3 aromatic rings. The van der Waals surface area contributed by atoms with Gasteiger partial charge in [0.2, 0.25) is 11.8 Å². The summed E-state index contributed by atoms with van der Waals surface area (Å²) in [7, 11) is 0. The summed E-state index contributed by atoms with van der Waals surface area (Å²) < 4.78 is 6.73. The van der Waals surface area contributed by atoms with Crippen LogP contribution in [0.25, 0.3) is 11.5 Å². The highest BCUT2D eigenvalue weighted by Gasteiger charge is 2.09. The number of nitrogens with one attached hydrogen (secondary N) is 1. The lowest BCUT2D eigenvalue weighted by atomic mass is 10.1. The Morgan fingerprint density at radius 3 is 2.64 bits per heavy atom. The van der Waals surface area contributed by atoms with Gasteiger partial charge in [-0.05, 0) is 59.6 Å². The number of hydrogen-bond acceptors (Lipinski definition) is 4. The lowest BCUT2D eigenvalue weighted by molar-refractivity contribution is 0.515. The van der Waals surface area contributed by atoms with Gasteiger partial charge in [-0.3, -0.25) is 0 Å². The van der Waals surface area contributed by atoms with E-state index in [-0.39, 0.29) is 0 Å². The van der Waals surface area contributed by atoms with Gasteiger partial charge in [-0.25, -0.2) is 0 Å². The predicted molar refractivity (Wildman–Crippen MR) is 90.7 cm³/mol. The van der Waals surface area contributed by atoms with Gasteiger partial charge in [0.05, 0.1) is 6.54 Å². The molecule has 0 radical (unpaired) electrons. The number of nitrogens with zero attached hydrogens (tertiary/aromatic N) is 2. The Kier molecular flexibility index (Phi) is 4.24. The third kappa shape index (κ3) is 3.36. The van der Waals surface area contributed by atoms with Crippen LogP contribution in [0, 0.1) is 13.8 Å². The van der Waals surface area contributed by atoms with E-state index in [2.05, 4.69) is 50.5 Å². The molecule has 0 amide bonds. The zero-order valence-corrected chi connectivity index (χ0v) is 14.0. The van der Waals surface area contributed by atoms with Crippen molar-refractivity contribution in [2.75, 3.05) is 5.32 Å². The monoisotopic (exact) mass is 357 g/mol. The minimum atomic E-state index is 0.487. The van der Waals surface area contributed by atoms with Crippen LogP contribution in [0.15, 0.2) is 51.4 Å². The summed E-state index contributed by atoms with van der Waals surface area (Å²) in [6, 6.07) is 14.2. The summed E-state index contributed by atoms with van der Waals surface area (Å²) >= 11 is 3.54. The van der Waals surface area contributed by atoms with Crippen molar-refractivity contribution < 1.29 is 4.42 Å². The highest BCUT2D eigenvalue weighted by molar-refractivity contribution is 9.10.